The van der Waals surface area contributed by atoms with Crippen molar-refractivity contribution in [3.05, 3.63) is 47.7 Å². The fraction of sp³-hybridized carbons (Fsp3) is 0.625. The molecule has 0 saturated heterocycles. The molecule has 0 heterocycles. The van der Waals surface area contributed by atoms with Crippen molar-refractivity contribution in [1.82, 2.24) is 5.32 Å². The largest absolute Gasteiger partial charge is 0.388 e. The number of ether oxygens (including phenoxy) is 2. The first-order valence-electron chi connectivity index (χ1n) is 11.0. The average Bonchev–Trinajstić information content (AvgIpc) is 2.75. The van der Waals surface area contributed by atoms with Crippen LogP contribution in [-0.4, -0.2) is 43.4 Å². The molecular formula is C24H39NO4. The van der Waals surface area contributed by atoms with E-state index in [9.17, 15) is 9.90 Å². The van der Waals surface area contributed by atoms with Gasteiger partial charge in [0.25, 0.3) is 0 Å². The highest BCUT2D eigenvalue weighted by atomic mass is 16.5. The normalized spacial score (nSPS) is 13.8. The molecule has 2 N–H and O–H groups in total. The number of hydrogen-bond donors (Lipinski definition) is 2. The molecule has 5 heteroatoms. The predicted molar refractivity (Wildman–Crippen MR) is 118 cm³/mol. The van der Waals surface area contributed by atoms with Crippen LogP contribution in [0.4, 0.5) is 0 Å². The number of hydrogen-bond acceptors (Lipinski definition) is 5. The minimum Gasteiger partial charge on any atom is -0.388 e. The van der Waals surface area contributed by atoms with E-state index in [1.54, 1.807) is 6.20 Å². The van der Waals surface area contributed by atoms with E-state index in [-0.39, 0.29) is 6.61 Å². The van der Waals surface area contributed by atoms with Gasteiger partial charge < -0.3 is 19.9 Å². The summed E-state index contributed by atoms with van der Waals surface area (Å²) in [6.45, 7) is 6.38. The Bertz CT molecular complexity index is 547. The third-order valence-corrected chi connectivity index (χ3v) is 4.71. The van der Waals surface area contributed by atoms with E-state index >= 15 is 0 Å². The van der Waals surface area contributed by atoms with Crippen molar-refractivity contribution >= 4 is 6.29 Å². The highest BCUT2D eigenvalue weighted by Crippen LogP contribution is 2.13. The summed E-state index contributed by atoms with van der Waals surface area (Å²) in [5.74, 6) is 0. The molecule has 0 aromatic heterocycles. The molecule has 0 fully saturated rings. The molecule has 0 aliphatic carbocycles. The molecule has 0 saturated carbocycles. The number of aldehydes is 1. The number of rotatable bonds is 18. The number of aliphatic hydroxyl groups excluding tert-OH is 1. The fourth-order valence-electron chi connectivity index (χ4n) is 2.93. The van der Waals surface area contributed by atoms with Crippen molar-refractivity contribution in [3.8, 4) is 0 Å². The monoisotopic (exact) mass is 405 g/mol. The van der Waals surface area contributed by atoms with Gasteiger partial charge in [-0.3, -0.25) is 4.79 Å². The molecule has 0 aliphatic heterocycles. The Morgan fingerprint density at radius 3 is 2.41 bits per heavy atom. The molecule has 0 unspecified atom stereocenters. The minimum atomic E-state index is -0.754. The van der Waals surface area contributed by atoms with Crippen LogP contribution < -0.4 is 5.32 Å². The Balaban J connectivity index is 2.55. The van der Waals surface area contributed by atoms with E-state index in [1.807, 2.05) is 30.3 Å². The predicted octanol–water partition coefficient (Wildman–Crippen LogP) is 4.39. The van der Waals surface area contributed by atoms with Crippen LogP contribution >= 0.6 is 0 Å². The summed E-state index contributed by atoms with van der Waals surface area (Å²) in [5.41, 5.74) is 1.72. The highest BCUT2D eigenvalue weighted by Gasteiger charge is 2.21. The molecular weight excluding hydrogens is 366 g/mol. The number of benzene rings is 1. The van der Waals surface area contributed by atoms with Crippen LogP contribution in [-0.2, 0) is 20.8 Å². The summed E-state index contributed by atoms with van der Waals surface area (Å²) in [7, 11) is 0. The first-order chi connectivity index (χ1) is 14.2. The lowest BCUT2D eigenvalue weighted by Gasteiger charge is -2.23. The van der Waals surface area contributed by atoms with Gasteiger partial charge in [-0.1, -0.05) is 69.9 Å². The van der Waals surface area contributed by atoms with Gasteiger partial charge in [-0.2, -0.15) is 0 Å². The first kappa shape index (κ1) is 25.3. The first-order valence-corrected chi connectivity index (χ1v) is 11.0. The Kier molecular flexibility index (Phi) is 15.0. The third-order valence-electron chi connectivity index (χ3n) is 4.71. The number of aliphatic hydroxyl groups is 1. The molecule has 0 spiro atoms. The maximum absolute atomic E-state index is 11.5. The smallest absolute Gasteiger partial charge is 0.147 e. The number of carbonyl (C=O) groups is 1. The third kappa shape index (κ3) is 12.5. The van der Waals surface area contributed by atoms with Gasteiger partial charge in [0.05, 0.1) is 12.7 Å². The number of nitrogens with one attached hydrogen (secondary N) is 1. The summed E-state index contributed by atoms with van der Waals surface area (Å²) in [5, 5.41) is 13.7. The van der Waals surface area contributed by atoms with E-state index in [1.165, 1.54) is 0 Å². The van der Waals surface area contributed by atoms with Crippen molar-refractivity contribution in [2.45, 2.75) is 77.5 Å². The van der Waals surface area contributed by atoms with Gasteiger partial charge in [0, 0.05) is 38.0 Å². The lowest BCUT2D eigenvalue weighted by Crippen LogP contribution is -2.34. The van der Waals surface area contributed by atoms with Crippen molar-refractivity contribution in [1.29, 1.82) is 0 Å². The van der Waals surface area contributed by atoms with Crippen molar-refractivity contribution in [3.63, 3.8) is 0 Å². The van der Waals surface area contributed by atoms with E-state index in [2.05, 4.69) is 19.2 Å². The standard InChI is InChI=1S/C24H39NO4/c1-3-5-10-14-28-20-23(27)24(29-15-11-6-4-2)16-22(19-26)18-25-17-21-12-8-7-9-13-21/h7-9,12-13,18-19,23-25,27H,3-6,10-11,14-17,20H2,1-2H3/b22-18+/t23-,24+/m1/s1. The van der Waals surface area contributed by atoms with Gasteiger partial charge in [-0.15, -0.1) is 0 Å². The fourth-order valence-corrected chi connectivity index (χ4v) is 2.93. The summed E-state index contributed by atoms with van der Waals surface area (Å²) < 4.78 is 11.5. The van der Waals surface area contributed by atoms with Gasteiger partial charge in [-0.25, -0.2) is 0 Å². The number of carbonyl (C=O) groups excluding carboxylic acids is 1. The molecule has 0 bridgehead atoms. The van der Waals surface area contributed by atoms with Crippen molar-refractivity contribution in [2.75, 3.05) is 19.8 Å². The van der Waals surface area contributed by atoms with Gasteiger partial charge in [-0.05, 0) is 18.4 Å². The van der Waals surface area contributed by atoms with E-state index in [0.717, 1.165) is 50.4 Å². The average molecular weight is 406 g/mol. The summed E-state index contributed by atoms with van der Waals surface area (Å²) >= 11 is 0. The van der Waals surface area contributed by atoms with Crippen LogP contribution in [0.5, 0.6) is 0 Å². The summed E-state index contributed by atoms with van der Waals surface area (Å²) in [4.78, 5) is 11.5. The second kappa shape index (κ2) is 17.2. The molecule has 2 atom stereocenters. The highest BCUT2D eigenvalue weighted by molar-refractivity contribution is 5.73. The maximum atomic E-state index is 11.5. The molecule has 29 heavy (non-hydrogen) atoms. The molecule has 0 aliphatic rings. The zero-order valence-electron chi connectivity index (χ0n) is 18.1. The van der Waals surface area contributed by atoms with Gasteiger partial charge in [0.1, 0.15) is 12.4 Å². The molecule has 1 rings (SSSR count). The Hall–Kier alpha value is -1.69. The second-order valence-electron chi connectivity index (χ2n) is 7.37. The summed E-state index contributed by atoms with van der Waals surface area (Å²) in [6, 6.07) is 10.0. The number of unbranched alkanes of at least 4 members (excludes halogenated alkanes) is 4. The zero-order valence-corrected chi connectivity index (χ0v) is 18.1. The Morgan fingerprint density at radius 1 is 1.07 bits per heavy atom. The van der Waals surface area contributed by atoms with Crippen LogP contribution in [0, 0.1) is 0 Å². The van der Waals surface area contributed by atoms with Crippen molar-refractivity contribution in [2.24, 2.45) is 0 Å². The lowest BCUT2D eigenvalue weighted by atomic mass is 10.1. The molecule has 5 nitrogen and oxygen atoms in total. The SMILES string of the molecule is CCCCCOC[C@@H](O)[C@H](C/C(C=O)=C\NCc1ccccc1)OCCCCC. The maximum Gasteiger partial charge on any atom is 0.147 e. The molecule has 1 aromatic carbocycles. The Labute approximate surface area is 176 Å². The van der Waals surface area contributed by atoms with E-state index < -0.39 is 12.2 Å². The second-order valence-corrected chi connectivity index (χ2v) is 7.37. The topological polar surface area (TPSA) is 67.8 Å². The van der Waals surface area contributed by atoms with Crippen LogP contribution in [0.3, 0.4) is 0 Å². The van der Waals surface area contributed by atoms with Crippen LogP contribution in [0.25, 0.3) is 0 Å². The van der Waals surface area contributed by atoms with Crippen LogP contribution in [0.2, 0.25) is 0 Å². The Morgan fingerprint density at radius 2 is 1.76 bits per heavy atom. The van der Waals surface area contributed by atoms with E-state index in [0.29, 0.717) is 31.8 Å². The molecule has 0 radical (unpaired) electrons. The minimum absolute atomic E-state index is 0.228. The van der Waals surface area contributed by atoms with Crippen LogP contribution in [0.15, 0.2) is 42.1 Å². The van der Waals surface area contributed by atoms with Gasteiger partial charge in [0.15, 0.2) is 0 Å². The van der Waals surface area contributed by atoms with Gasteiger partial charge in [0.2, 0.25) is 0 Å². The molecule has 0 amide bonds. The van der Waals surface area contributed by atoms with Crippen molar-refractivity contribution < 1.29 is 19.4 Å². The molecule has 1 aromatic rings. The summed E-state index contributed by atoms with van der Waals surface area (Å²) in [6.07, 6.45) is 8.10. The quantitative estimate of drug-likeness (QED) is 0.215. The van der Waals surface area contributed by atoms with E-state index in [4.69, 9.17) is 9.47 Å². The zero-order chi connectivity index (χ0) is 21.2. The molecule has 164 valence electrons. The van der Waals surface area contributed by atoms with Gasteiger partial charge >= 0.3 is 0 Å². The lowest BCUT2D eigenvalue weighted by molar-refractivity contribution is -0.106. The van der Waals surface area contributed by atoms with Crippen LogP contribution in [0.1, 0.15) is 64.4 Å².